The van der Waals surface area contributed by atoms with Gasteiger partial charge in [0, 0.05) is 13.1 Å². The van der Waals surface area contributed by atoms with Crippen molar-refractivity contribution in [1.29, 1.82) is 0 Å². The lowest BCUT2D eigenvalue weighted by Crippen LogP contribution is -2.43. The third-order valence-electron chi connectivity index (χ3n) is 6.36. The van der Waals surface area contributed by atoms with Crippen LogP contribution in [0.15, 0.2) is 54.2 Å². The Morgan fingerprint density at radius 1 is 0.844 bits per heavy atom. The number of anilines is 1. The van der Waals surface area contributed by atoms with Gasteiger partial charge in [-0.3, -0.25) is 9.59 Å². The van der Waals surface area contributed by atoms with Gasteiger partial charge in [-0.25, -0.2) is 4.90 Å². The second kappa shape index (κ2) is 9.04. The van der Waals surface area contributed by atoms with E-state index in [4.69, 9.17) is 9.47 Å². The molecule has 4 rings (SSSR count). The van der Waals surface area contributed by atoms with Crippen molar-refractivity contribution in [3.05, 3.63) is 59.8 Å². The van der Waals surface area contributed by atoms with E-state index in [1.807, 2.05) is 36.2 Å². The highest BCUT2D eigenvalue weighted by Gasteiger charge is 2.43. The molecular weight excluding hydrogens is 406 g/mol. The van der Waals surface area contributed by atoms with Gasteiger partial charge in [-0.05, 0) is 74.9 Å². The number of likely N-dealkylation sites (N-methyl/N-ethyl adjacent to an activating group) is 1. The fourth-order valence-electron chi connectivity index (χ4n) is 4.39. The molecule has 0 saturated carbocycles. The average Bonchev–Trinajstić information content (AvgIpc) is 3.09. The van der Waals surface area contributed by atoms with Gasteiger partial charge in [-0.15, -0.1) is 0 Å². The van der Waals surface area contributed by atoms with Gasteiger partial charge < -0.3 is 19.3 Å². The van der Waals surface area contributed by atoms with E-state index < -0.39 is 0 Å². The average molecular weight is 436 g/mol. The van der Waals surface area contributed by atoms with Crippen LogP contribution in [-0.2, 0) is 9.59 Å². The van der Waals surface area contributed by atoms with Gasteiger partial charge in [-0.2, -0.15) is 0 Å². The molecule has 2 aliphatic rings. The lowest BCUT2D eigenvalue weighted by atomic mass is 10.00. The number of amides is 2. The lowest BCUT2D eigenvalue weighted by molar-refractivity contribution is -0.120. The van der Waals surface area contributed by atoms with Gasteiger partial charge in [0.25, 0.3) is 11.8 Å². The Morgan fingerprint density at radius 3 is 1.91 bits per heavy atom. The highest BCUT2D eigenvalue weighted by molar-refractivity contribution is 6.45. The molecule has 0 radical (unpaired) electrons. The molecule has 2 amide bonds. The van der Waals surface area contributed by atoms with Crippen molar-refractivity contribution in [3.8, 4) is 11.5 Å². The summed E-state index contributed by atoms with van der Waals surface area (Å²) >= 11 is 0. The number of ether oxygens (including phenoxy) is 2. The van der Waals surface area contributed by atoms with E-state index in [2.05, 4.69) is 11.9 Å². The van der Waals surface area contributed by atoms with E-state index in [1.54, 1.807) is 38.5 Å². The van der Waals surface area contributed by atoms with E-state index >= 15 is 0 Å². The number of methoxy groups -OCH3 is 2. The highest BCUT2D eigenvalue weighted by Crippen LogP contribution is 2.37. The van der Waals surface area contributed by atoms with Crippen molar-refractivity contribution in [2.45, 2.75) is 18.9 Å². The molecule has 1 saturated heterocycles. The summed E-state index contributed by atoms with van der Waals surface area (Å²) in [4.78, 5) is 32.9. The number of benzene rings is 2. The molecule has 0 atom stereocenters. The Hall–Kier alpha value is -3.32. The summed E-state index contributed by atoms with van der Waals surface area (Å²) in [6.45, 7) is 1.93. The molecule has 0 aromatic heterocycles. The second-order valence-corrected chi connectivity index (χ2v) is 8.24. The minimum Gasteiger partial charge on any atom is -0.497 e. The van der Waals surface area contributed by atoms with Crippen LogP contribution in [0.25, 0.3) is 5.57 Å². The summed E-state index contributed by atoms with van der Waals surface area (Å²) in [7, 11) is 7.22. The van der Waals surface area contributed by atoms with E-state index in [9.17, 15) is 9.59 Å². The van der Waals surface area contributed by atoms with E-state index in [-0.39, 0.29) is 17.9 Å². The predicted molar refractivity (Wildman–Crippen MR) is 124 cm³/mol. The van der Waals surface area contributed by atoms with Crippen LogP contribution in [0.2, 0.25) is 0 Å². The molecular formula is C25H29N3O4. The topological polar surface area (TPSA) is 62.3 Å². The minimum absolute atomic E-state index is 0.196. The Labute approximate surface area is 188 Å². The van der Waals surface area contributed by atoms with Gasteiger partial charge in [0.2, 0.25) is 0 Å². The number of imide groups is 1. The molecule has 2 heterocycles. The van der Waals surface area contributed by atoms with Crippen molar-refractivity contribution >= 4 is 23.1 Å². The maximum Gasteiger partial charge on any atom is 0.282 e. The molecule has 168 valence electrons. The Morgan fingerprint density at radius 2 is 1.38 bits per heavy atom. The molecule has 7 heteroatoms. The number of carbonyl (C=O) groups excluding carboxylic acids is 2. The van der Waals surface area contributed by atoms with Crippen LogP contribution in [-0.4, -0.2) is 69.1 Å². The fraction of sp³-hybridized carbons (Fsp3) is 0.360. The smallest absolute Gasteiger partial charge is 0.282 e. The molecule has 7 nitrogen and oxygen atoms in total. The fourth-order valence-corrected chi connectivity index (χ4v) is 4.39. The summed E-state index contributed by atoms with van der Waals surface area (Å²) in [6, 6.07) is 14.5. The lowest BCUT2D eigenvalue weighted by Gasteiger charge is -2.36. The van der Waals surface area contributed by atoms with Crippen LogP contribution in [0.4, 0.5) is 5.69 Å². The van der Waals surface area contributed by atoms with Crippen molar-refractivity contribution in [2.24, 2.45) is 0 Å². The van der Waals surface area contributed by atoms with Crippen molar-refractivity contribution < 1.29 is 19.1 Å². The first kappa shape index (κ1) is 21.9. The van der Waals surface area contributed by atoms with Gasteiger partial charge in [-0.1, -0.05) is 12.1 Å². The van der Waals surface area contributed by atoms with Gasteiger partial charge in [0.05, 0.1) is 25.5 Å². The SMILES string of the molecule is COc1ccc(C2=C(N(C)C3CCN(C)CC3)C(=O)N(c3ccc(OC)cc3)C2=O)cc1. The molecule has 0 N–H and O–H groups in total. The van der Waals surface area contributed by atoms with Crippen molar-refractivity contribution in [1.82, 2.24) is 9.80 Å². The summed E-state index contributed by atoms with van der Waals surface area (Å²) in [6.07, 6.45) is 1.88. The van der Waals surface area contributed by atoms with Crippen molar-refractivity contribution in [2.75, 3.05) is 46.3 Å². The number of likely N-dealkylation sites (tertiary alicyclic amines) is 1. The molecule has 0 spiro atoms. The second-order valence-electron chi connectivity index (χ2n) is 8.24. The molecule has 32 heavy (non-hydrogen) atoms. The summed E-state index contributed by atoms with van der Waals surface area (Å²) < 4.78 is 10.5. The number of hydrogen-bond acceptors (Lipinski definition) is 6. The molecule has 0 aliphatic carbocycles. The first-order valence-electron chi connectivity index (χ1n) is 10.8. The van der Waals surface area contributed by atoms with Crippen LogP contribution in [0.5, 0.6) is 11.5 Å². The highest BCUT2D eigenvalue weighted by atomic mass is 16.5. The Bertz CT molecular complexity index is 1020. The molecule has 2 aromatic rings. The monoisotopic (exact) mass is 435 g/mol. The van der Waals surface area contributed by atoms with Crippen LogP contribution < -0.4 is 14.4 Å². The number of hydrogen-bond donors (Lipinski definition) is 0. The predicted octanol–water partition coefficient (Wildman–Crippen LogP) is 3.01. The Kier molecular flexibility index (Phi) is 6.19. The zero-order valence-electron chi connectivity index (χ0n) is 19.0. The molecule has 0 unspecified atom stereocenters. The molecule has 2 aromatic carbocycles. The van der Waals surface area contributed by atoms with Crippen molar-refractivity contribution in [3.63, 3.8) is 0 Å². The molecule has 2 aliphatic heterocycles. The first-order chi connectivity index (χ1) is 15.4. The number of piperidine rings is 1. The van der Waals surface area contributed by atoms with Crippen LogP contribution in [0.1, 0.15) is 18.4 Å². The normalized spacial score (nSPS) is 17.8. The summed E-state index contributed by atoms with van der Waals surface area (Å²) in [5, 5.41) is 0. The van der Waals surface area contributed by atoms with Gasteiger partial charge in [0.1, 0.15) is 17.2 Å². The molecule has 0 bridgehead atoms. The van der Waals surface area contributed by atoms with E-state index in [0.717, 1.165) is 25.9 Å². The largest absolute Gasteiger partial charge is 0.497 e. The Balaban J connectivity index is 1.76. The van der Waals surface area contributed by atoms with Crippen LogP contribution in [0, 0.1) is 0 Å². The zero-order chi connectivity index (χ0) is 22.8. The summed E-state index contributed by atoms with van der Waals surface area (Å²) in [5.41, 5.74) is 2.11. The zero-order valence-corrected chi connectivity index (χ0v) is 19.0. The molecule has 1 fully saturated rings. The van der Waals surface area contributed by atoms with Gasteiger partial charge in [0.15, 0.2) is 0 Å². The van der Waals surface area contributed by atoms with E-state index in [1.165, 1.54) is 4.90 Å². The number of rotatable bonds is 6. The number of carbonyl (C=O) groups is 2. The first-order valence-corrected chi connectivity index (χ1v) is 10.8. The van der Waals surface area contributed by atoms with Crippen LogP contribution >= 0.6 is 0 Å². The maximum atomic E-state index is 13.7. The standard InChI is InChI=1S/C25H29N3O4/c1-26-15-13-18(14-16-26)27(2)23-22(17-5-9-20(31-3)10-6-17)24(29)28(25(23)30)19-7-11-21(32-4)12-8-19/h5-12,18H,13-16H2,1-4H3. The van der Waals surface area contributed by atoms with Crippen LogP contribution in [0.3, 0.4) is 0 Å². The third kappa shape index (κ3) is 3.96. The third-order valence-corrected chi connectivity index (χ3v) is 6.36. The van der Waals surface area contributed by atoms with E-state index in [0.29, 0.717) is 34.0 Å². The summed E-state index contributed by atoms with van der Waals surface area (Å²) in [5.74, 6) is 0.746. The minimum atomic E-state index is -0.319. The number of nitrogens with zero attached hydrogens (tertiary/aromatic N) is 3. The maximum absolute atomic E-state index is 13.7. The quantitative estimate of drug-likeness (QED) is 0.650. The van der Waals surface area contributed by atoms with Gasteiger partial charge >= 0.3 is 0 Å².